The molecule has 7 nitrogen and oxygen atoms in total. The number of thiophene rings is 1. The van der Waals surface area contributed by atoms with Crippen LogP contribution in [-0.4, -0.2) is 34.1 Å². The molecule has 0 aliphatic heterocycles. The van der Waals surface area contributed by atoms with E-state index in [4.69, 9.17) is 4.74 Å². The van der Waals surface area contributed by atoms with Crippen molar-refractivity contribution in [1.82, 2.24) is 9.97 Å². The van der Waals surface area contributed by atoms with Gasteiger partial charge in [-0.25, -0.2) is 14.8 Å². The molecule has 1 N–H and O–H groups in total. The van der Waals surface area contributed by atoms with Crippen LogP contribution in [0.4, 0.5) is 11.5 Å². The van der Waals surface area contributed by atoms with Crippen LogP contribution in [-0.2, 0) is 4.74 Å². The highest BCUT2D eigenvalue weighted by atomic mass is 32.1. The van der Waals surface area contributed by atoms with E-state index < -0.39 is 5.97 Å². The minimum absolute atomic E-state index is 0.191. The first-order chi connectivity index (χ1) is 16.4. The quantitative estimate of drug-likeness (QED) is 0.346. The molecule has 0 unspecified atom stereocenters. The number of anilines is 2. The lowest BCUT2D eigenvalue weighted by atomic mass is 9.83. The van der Waals surface area contributed by atoms with Gasteiger partial charge in [0.05, 0.1) is 23.2 Å². The van der Waals surface area contributed by atoms with Crippen LogP contribution in [0.1, 0.15) is 60.9 Å². The van der Waals surface area contributed by atoms with E-state index in [0.29, 0.717) is 61.0 Å². The summed E-state index contributed by atoms with van der Waals surface area (Å²) in [6.07, 6.45) is 1.40. The van der Waals surface area contributed by atoms with Crippen molar-refractivity contribution in [2.45, 2.75) is 20.8 Å². The van der Waals surface area contributed by atoms with E-state index in [1.165, 1.54) is 17.7 Å². The number of rotatable bonds is 5. The molecule has 0 atom stereocenters. The first kappa shape index (κ1) is 21.9. The average molecular weight is 472 g/mol. The molecule has 8 heteroatoms. The van der Waals surface area contributed by atoms with Crippen LogP contribution in [0.2, 0.25) is 0 Å². The maximum atomic E-state index is 13.3. The minimum Gasteiger partial charge on any atom is -0.461 e. The molecular weight excluding hydrogens is 450 g/mol. The summed E-state index contributed by atoms with van der Waals surface area (Å²) in [5.74, 6) is -0.128. The number of fused-ring (bicyclic) bond motifs is 3. The lowest BCUT2D eigenvalue weighted by molar-refractivity contribution is 0.0464. The van der Waals surface area contributed by atoms with Crippen LogP contribution in [0.15, 0.2) is 48.8 Å². The highest BCUT2D eigenvalue weighted by Gasteiger charge is 2.31. The highest BCUT2D eigenvalue weighted by Crippen LogP contribution is 2.37. The van der Waals surface area contributed by atoms with Crippen LogP contribution in [0.5, 0.6) is 0 Å². The predicted molar refractivity (Wildman–Crippen MR) is 130 cm³/mol. The van der Waals surface area contributed by atoms with Crippen LogP contribution in [0.3, 0.4) is 0 Å². The number of ether oxygens (including phenoxy) is 1. The van der Waals surface area contributed by atoms with Gasteiger partial charge in [0.25, 0.3) is 0 Å². The molecule has 0 amide bonds. The van der Waals surface area contributed by atoms with Crippen molar-refractivity contribution in [3.63, 3.8) is 0 Å². The molecule has 0 radical (unpaired) electrons. The second kappa shape index (κ2) is 8.46. The molecule has 0 spiro atoms. The number of carbonyl (C=O) groups is 3. The third-order valence-corrected chi connectivity index (χ3v) is 6.85. The van der Waals surface area contributed by atoms with Crippen LogP contribution >= 0.6 is 11.3 Å². The lowest BCUT2D eigenvalue weighted by Crippen LogP contribution is -2.22. The van der Waals surface area contributed by atoms with Crippen molar-refractivity contribution in [3.8, 4) is 0 Å². The Balaban J connectivity index is 1.57. The molecule has 0 fully saturated rings. The predicted octanol–water partition coefficient (Wildman–Crippen LogP) is 5.33. The number of aromatic nitrogens is 2. The van der Waals surface area contributed by atoms with Crippen molar-refractivity contribution >= 4 is 50.6 Å². The Morgan fingerprint density at radius 2 is 1.71 bits per heavy atom. The van der Waals surface area contributed by atoms with Gasteiger partial charge in [-0.2, -0.15) is 0 Å². The summed E-state index contributed by atoms with van der Waals surface area (Å²) in [6.45, 7) is 6.11. The Morgan fingerprint density at radius 1 is 1.00 bits per heavy atom. The Morgan fingerprint density at radius 3 is 2.44 bits per heavy atom. The van der Waals surface area contributed by atoms with E-state index in [1.54, 1.807) is 42.5 Å². The molecule has 5 rings (SSSR count). The Bertz CT molecular complexity index is 1490. The normalized spacial score (nSPS) is 12.6. The van der Waals surface area contributed by atoms with E-state index in [-0.39, 0.29) is 17.5 Å². The maximum Gasteiger partial charge on any atom is 0.348 e. The van der Waals surface area contributed by atoms with Crippen molar-refractivity contribution in [3.05, 3.63) is 81.5 Å². The zero-order chi connectivity index (χ0) is 24.0. The third kappa shape index (κ3) is 3.56. The topological polar surface area (TPSA) is 98.2 Å². The number of nitrogens with one attached hydrogen (secondary N) is 1. The van der Waals surface area contributed by atoms with Gasteiger partial charge in [0.2, 0.25) is 0 Å². The fourth-order valence-corrected chi connectivity index (χ4v) is 5.09. The molecule has 0 saturated carbocycles. The molecule has 0 saturated heterocycles. The SMILES string of the molecule is Cc1c(C(=O)OCC(C)C)sc2ncnc(Nc3cccc4c3C(=O)c3ccccc3C4=O)c12. The summed E-state index contributed by atoms with van der Waals surface area (Å²) in [5.41, 5.74) is 2.61. The summed E-state index contributed by atoms with van der Waals surface area (Å²) >= 11 is 1.24. The molecule has 2 heterocycles. The third-order valence-electron chi connectivity index (χ3n) is 5.67. The van der Waals surface area contributed by atoms with E-state index >= 15 is 0 Å². The largest absolute Gasteiger partial charge is 0.461 e. The molecule has 4 aromatic rings. The molecule has 2 aromatic heterocycles. The molecule has 1 aliphatic carbocycles. The van der Waals surface area contributed by atoms with Crippen LogP contribution in [0, 0.1) is 12.8 Å². The standard InChI is InChI=1S/C26H21N3O4S/c1-13(2)11-33-26(32)23-14(3)19-24(27-12-28-25(19)34-23)29-18-10-6-9-17-20(18)22(31)16-8-5-4-7-15(16)21(17)30/h4-10,12-13H,11H2,1-3H3,(H,27,28,29). The van der Waals surface area contributed by atoms with Gasteiger partial charge in [0, 0.05) is 16.7 Å². The van der Waals surface area contributed by atoms with E-state index in [2.05, 4.69) is 15.3 Å². The highest BCUT2D eigenvalue weighted by molar-refractivity contribution is 7.20. The number of nitrogens with zero attached hydrogens (tertiary/aromatic N) is 2. The molecule has 2 aromatic carbocycles. The minimum atomic E-state index is -0.394. The van der Waals surface area contributed by atoms with Crippen LogP contribution < -0.4 is 5.32 Å². The fraction of sp³-hybridized carbons (Fsp3) is 0.192. The lowest BCUT2D eigenvalue weighted by Gasteiger charge is -2.20. The smallest absolute Gasteiger partial charge is 0.348 e. The summed E-state index contributed by atoms with van der Waals surface area (Å²) in [4.78, 5) is 48.8. The number of esters is 1. The number of carbonyl (C=O) groups excluding carboxylic acids is 3. The van der Waals surface area contributed by atoms with Gasteiger partial charge >= 0.3 is 5.97 Å². The van der Waals surface area contributed by atoms with Gasteiger partial charge in [-0.1, -0.05) is 50.2 Å². The first-order valence-corrected chi connectivity index (χ1v) is 11.7. The summed E-state index contributed by atoms with van der Waals surface area (Å²) < 4.78 is 5.41. The van der Waals surface area contributed by atoms with Crippen molar-refractivity contribution < 1.29 is 19.1 Å². The number of aryl methyl sites for hydroxylation is 1. The van der Waals surface area contributed by atoms with E-state index in [9.17, 15) is 14.4 Å². The first-order valence-electron chi connectivity index (χ1n) is 10.9. The maximum absolute atomic E-state index is 13.3. The zero-order valence-corrected chi connectivity index (χ0v) is 19.7. The average Bonchev–Trinajstić information content (AvgIpc) is 3.18. The van der Waals surface area contributed by atoms with Gasteiger partial charge in [-0.3, -0.25) is 9.59 Å². The molecule has 1 aliphatic rings. The summed E-state index contributed by atoms with van der Waals surface area (Å²) in [6, 6.07) is 12.0. The van der Waals surface area contributed by atoms with Gasteiger partial charge < -0.3 is 10.1 Å². The van der Waals surface area contributed by atoms with Crippen molar-refractivity contribution in [2.75, 3.05) is 11.9 Å². The Hall–Kier alpha value is -3.91. The summed E-state index contributed by atoms with van der Waals surface area (Å²) in [7, 11) is 0. The van der Waals surface area contributed by atoms with E-state index in [1.807, 2.05) is 20.8 Å². The number of hydrogen-bond acceptors (Lipinski definition) is 8. The van der Waals surface area contributed by atoms with Gasteiger partial charge in [0.15, 0.2) is 11.6 Å². The van der Waals surface area contributed by atoms with E-state index in [0.717, 1.165) is 0 Å². The monoisotopic (exact) mass is 471 g/mol. The second-order valence-electron chi connectivity index (χ2n) is 8.51. The number of benzene rings is 2. The van der Waals surface area contributed by atoms with Gasteiger partial charge in [-0.05, 0) is 24.5 Å². The van der Waals surface area contributed by atoms with Crippen molar-refractivity contribution in [2.24, 2.45) is 5.92 Å². The molecule has 0 bridgehead atoms. The molecule has 170 valence electrons. The Kier molecular flexibility index (Phi) is 5.45. The molecular formula is C26H21N3O4S. The van der Waals surface area contributed by atoms with Crippen molar-refractivity contribution in [1.29, 1.82) is 0 Å². The fourth-order valence-electron chi connectivity index (χ4n) is 4.05. The van der Waals surface area contributed by atoms with Gasteiger partial charge in [-0.15, -0.1) is 11.3 Å². The number of ketones is 2. The van der Waals surface area contributed by atoms with Gasteiger partial charge in [0.1, 0.15) is 21.9 Å². The molecule has 34 heavy (non-hydrogen) atoms. The summed E-state index contributed by atoms with van der Waals surface area (Å²) in [5, 5.41) is 3.91. The second-order valence-corrected chi connectivity index (χ2v) is 9.51. The van der Waals surface area contributed by atoms with Crippen LogP contribution in [0.25, 0.3) is 10.2 Å². The Labute approximate surface area is 199 Å². The number of hydrogen-bond donors (Lipinski definition) is 1. The zero-order valence-electron chi connectivity index (χ0n) is 18.8.